The number of nitrogens with zero attached hydrogens (tertiary/aromatic N) is 2. The van der Waals surface area contributed by atoms with E-state index in [1.807, 2.05) is 26.8 Å². The normalized spacial score (nSPS) is 19.0. The van der Waals surface area contributed by atoms with E-state index in [-0.39, 0.29) is 40.9 Å². The van der Waals surface area contributed by atoms with Crippen LogP contribution in [0.1, 0.15) is 49.8 Å². The van der Waals surface area contributed by atoms with Crippen LogP contribution in [0.25, 0.3) is 0 Å². The van der Waals surface area contributed by atoms with Gasteiger partial charge in [-0.15, -0.1) is 4.40 Å². The van der Waals surface area contributed by atoms with Gasteiger partial charge in [-0.1, -0.05) is 19.9 Å². The quantitative estimate of drug-likeness (QED) is 0.379. The summed E-state index contributed by atoms with van der Waals surface area (Å²) < 4.78 is 61.3. The molecular weight excluding hydrogens is 510 g/mol. The molecule has 5 N–H and O–H groups in total. The van der Waals surface area contributed by atoms with Gasteiger partial charge in [0.05, 0.1) is 11.7 Å². The summed E-state index contributed by atoms with van der Waals surface area (Å²) in [4.78, 5) is 11.1. The molecular formula is C22H31N5O7S2. The molecule has 0 saturated carbocycles. The standard InChI is InChI=1S/C22H31N5O7S2/c1-11(2)17(15-10-12(3)13(4)34-15)25-22-18(20(21(23)29)35(30,31)26-22)24-14-8-7-9-16(19(14)28)36(32,33)27(5)6/h8,10-11,17,24,28H,7,9H2,1-6H3,(H2,23,29)(H,25,26). The zero-order valence-corrected chi connectivity index (χ0v) is 22.5. The minimum absolute atomic E-state index is 0.0450. The number of sulfonamides is 2. The molecule has 0 aromatic carbocycles. The molecule has 1 unspecified atom stereocenters. The van der Waals surface area contributed by atoms with Gasteiger partial charge in [0.1, 0.15) is 22.1 Å². The molecule has 0 spiro atoms. The Morgan fingerprint density at radius 3 is 2.42 bits per heavy atom. The van der Waals surface area contributed by atoms with Crippen molar-refractivity contribution in [3.05, 3.63) is 56.2 Å². The number of aryl methyl sites for hydroxylation is 2. The molecule has 3 rings (SSSR count). The highest BCUT2D eigenvalue weighted by Crippen LogP contribution is 2.32. The molecule has 0 radical (unpaired) electrons. The summed E-state index contributed by atoms with van der Waals surface area (Å²) in [5.74, 6) is -0.936. The fourth-order valence-electron chi connectivity index (χ4n) is 3.81. The zero-order chi connectivity index (χ0) is 27.2. The maximum Gasteiger partial charge on any atom is 0.292 e. The first kappa shape index (κ1) is 27.5. The van der Waals surface area contributed by atoms with Crippen molar-refractivity contribution in [3.8, 4) is 0 Å². The van der Waals surface area contributed by atoms with Crippen molar-refractivity contribution >= 4 is 31.8 Å². The predicted octanol–water partition coefficient (Wildman–Crippen LogP) is 1.55. The molecule has 198 valence electrons. The third kappa shape index (κ3) is 5.06. The third-order valence-corrected chi connectivity index (χ3v) is 9.22. The molecule has 1 atom stereocenters. The van der Waals surface area contributed by atoms with Crippen molar-refractivity contribution in [2.75, 3.05) is 14.1 Å². The lowest BCUT2D eigenvalue weighted by Gasteiger charge is -2.24. The topological polar surface area (TPSA) is 184 Å². The van der Waals surface area contributed by atoms with Gasteiger partial charge in [-0.05, 0) is 44.2 Å². The number of carbonyl (C=O) groups is 1. The summed E-state index contributed by atoms with van der Waals surface area (Å²) in [6.07, 6.45) is 1.78. The maximum absolute atomic E-state index is 12.8. The number of rotatable bonds is 8. The molecule has 36 heavy (non-hydrogen) atoms. The van der Waals surface area contributed by atoms with Crippen LogP contribution >= 0.6 is 0 Å². The Morgan fingerprint density at radius 1 is 1.28 bits per heavy atom. The number of furan rings is 1. The van der Waals surface area contributed by atoms with Crippen LogP contribution in [0.2, 0.25) is 0 Å². The van der Waals surface area contributed by atoms with Gasteiger partial charge in [0.2, 0.25) is 10.0 Å². The molecule has 1 aliphatic carbocycles. The highest BCUT2D eigenvalue weighted by atomic mass is 32.2. The Hall–Kier alpha value is -3.10. The van der Waals surface area contributed by atoms with Crippen LogP contribution in [-0.4, -0.2) is 52.1 Å². The van der Waals surface area contributed by atoms with Crippen LogP contribution in [0.15, 0.2) is 47.9 Å². The summed E-state index contributed by atoms with van der Waals surface area (Å²) in [6.45, 7) is 7.45. The Kier molecular flexibility index (Phi) is 7.44. The van der Waals surface area contributed by atoms with E-state index in [0.717, 1.165) is 9.87 Å². The maximum atomic E-state index is 12.8. The van der Waals surface area contributed by atoms with E-state index < -0.39 is 42.7 Å². The van der Waals surface area contributed by atoms with E-state index >= 15 is 0 Å². The van der Waals surface area contributed by atoms with E-state index in [4.69, 9.17) is 10.2 Å². The van der Waals surface area contributed by atoms with Gasteiger partial charge >= 0.3 is 0 Å². The molecule has 0 saturated heterocycles. The van der Waals surface area contributed by atoms with Gasteiger partial charge in [-0.2, -0.15) is 8.42 Å². The van der Waals surface area contributed by atoms with Crippen LogP contribution in [0, 0.1) is 19.8 Å². The number of carbonyl (C=O) groups excluding carboxylic acids is 1. The average Bonchev–Trinajstić information content (AvgIpc) is 3.21. The van der Waals surface area contributed by atoms with E-state index in [1.54, 1.807) is 6.92 Å². The zero-order valence-electron chi connectivity index (χ0n) is 20.9. The lowest BCUT2D eigenvalue weighted by molar-refractivity contribution is -0.114. The van der Waals surface area contributed by atoms with Crippen LogP contribution in [-0.2, 0) is 24.8 Å². The van der Waals surface area contributed by atoms with Gasteiger partial charge < -0.3 is 25.9 Å². The summed E-state index contributed by atoms with van der Waals surface area (Å²) in [5.41, 5.74) is 5.91. The molecule has 1 aliphatic heterocycles. The van der Waals surface area contributed by atoms with Gasteiger partial charge in [0.15, 0.2) is 16.5 Å². The van der Waals surface area contributed by atoms with Crippen molar-refractivity contribution in [1.29, 1.82) is 0 Å². The number of nitrogens with one attached hydrogen (secondary N) is 2. The fraction of sp³-hybridized carbons (Fsp3) is 0.455. The molecule has 1 aromatic rings. The second kappa shape index (κ2) is 9.75. The lowest BCUT2D eigenvalue weighted by Crippen LogP contribution is -2.37. The van der Waals surface area contributed by atoms with Crippen molar-refractivity contribution in [3.63, 3.8) is 0 Å². The first-order chi connectivity index (χ1) is 16.6. The number of hydrogen-bond donors (Lipinski definition) is 4. The van der Waals surface area contributed by atoms with Crippen LogP contribution in [0.3, 0.4) is 0 Å². The number of amidine groups is 1. The summed E-state index contributed by atoms with van der Waals surface area (Å²) >= 11 is 0. The van der Waals surface area contributed by atoms with Crippen LogP contribution in [0.5, 0.6) is 0 Å². The highest BCUT2D eigenvalue weighted by Gasteiger charge is 2.39. The number of amides is 1. The monoisotopic (exact) mass is 541 g/mol. The lowest BCUT2D eigenvalue weighted by atomic mass is 10.0. The second-order valence-electron chi connectivity index (χ2n) is 9.08. The Balaban J connectivity index is 2.08. The Labute approximate surface area is 210 Å². The van der Waals surface area contributed by atoms with Crippen molar-refractivity contribution in [2.24, 2.45) is 16.0 Å². The number of nitrogens with two attached hydrogens (primary N) is 1. The number of primary amides is 1. The van der Waals surface area contributed by atoms with Crippen molar-refractivity contribution < 1.29 is 31.2 Å². The molecule has 1 aromatic heterocycles. The SMILES string of the molecule is Cc1cc(C(NC2=NS(=O)(=O)C(C(N)=O)=C2NC2=CCCC(S(=O)(=O)N(C)C)=C2O)C(C)C)oc1C. The molecule has 1 amide bonds. The first-order valence-electron chi connectivity index (χ1n) is 11.1. The number of allylic oxidation sites excluding steroid dienone is 2. The van der Waals surface area contributed by atoms with Crippen molar-refractivity contribution in [2.45, 2.75) is 46.6 Å². The number of aliphatic hydroxyl groups is 1. The molecule has 0 fully saturated rings. The minimum atomic E-state index is -4.48. The largest absolute Gasteiger partial charge is 0.505 e. The summed E-state index contributed by atoms with van der Waals surface area (Å²) in [7, 11) is -5.77. The van der Waals surface area contributed by atoms with E-state index in [0.29, 0.717) is 11.5 Å². The van der Waals surface area contributed by atoms with Gasteiger partial charge in [0.25, 0.3) is 15.9 Å². The Bertz CT molecular complexity index is 1410. The van der Waals surface area contributed by atoms with E-state index in [1.165, 1.54) is 20.2 Å². The summed E-state index contributed by atoms with van der Waals surface area (Å²) in [6, 6.07) is 1.28. The molecule has 2 aliphatic rings. The van der Waals surface area contributed by atoms with Gasteiger partial charge in [0, 0.05) is 14.1 Å². The van der Waals surface area contributed by atoms with E-state index in [2.05, 4.69) is 15.0 Å². The van der Waals surface area contributed by atoms with Crippen LogP contribution in [0.4, 0.5) is 0 Å². The van der Waals surface area contributed by atoms with Gasteiger partial charge in [-0.25, -0.2) is 12.7 Å². The minimum Gasteiger partial charge on any atom is -0.505 e. The van der Waals surface area contributed by atoms with Gasteiger partial charge in [-0.3, -0.25) is 4.79 Å². The van der Waals surface area contributed by atoms with Crippen LogP contribution < -0.4 is 16.4 Å². The molecule has 2 heterocycles. The second-order valence-corrected chi connectivity index (χ2v) is 12.8. The number of aliphatic hydroxyl groups excluding tert-OH is 1. The van der Waals surface area contributed by atoms with Crippen molar-refractivity contribution in [1.82, 2.24) is 14.9 Å². The third-order valence-electron chi connectivity index (χ3n) is 5.90. The summed E-state index contributed by atoms with van der Waals surface area (Å²) in [5, 5.41) is 16.5. The average molecular weight is 542 g/mol. The molecule has 0 bridgehead atoms. The molecule has 14 heteroatoms. The molecule has 12 nitrogen and oxygen atoms in total. The number of hydrogen-bond acceptors (Lipinski definition) is 9. The van der Waals surface area contributed by atoms with E-state index in [9.17, 15) is 26.7 Å². The predicted molar refractivity (Wildman–Crippen MR) is 134 cm³/mol. The first-order valence-corrected chi connectivity index (χ1v) is 14.0. The highest BCUT2D eigenvalue weighted by molar-refractivity contribution is 7.95. The Morgan fingerprint density at radius 2 is 1.92 bits per heavy atom. The fourth-order valence-corrected chi connectivity index (χ4v) is 6.12. The smallest absolute Gasteiger partial charge is 0.292 e.